The number of quaternary nitrogens is 1. The summed E-state index contributed by atoms with van der Waals surface area (Å²) in [6.45, 7) is 5.14. The Hall–Kier alpha value is -2.73. The van der Waals surface area contributed by atoms with E-state index in [0.717, 1.165) is 27.6 Å². The first-order valence-electron chi connectivity index (χ1n) is 9.05. The lowest BCUT2D eigenvalue weighted by Crippen LogP contribution is -3.12. The number of carbonyl (C=O) groups excluding carboxylic acids is 1. The van der Waals surface area contributed by atoms with E-state index in [0.29, 0.717) is 18.9 Å². The lowest BCUT2D eigenvalue weighted by atomic mass is 10.1. The van der Waals surface area contributed by atoms with Gasteiger partial charge in [-0.1, -0.05) is 0 Å². The zero-order valence-corrected chi connectivity index (χ0v) is 16.7. The number of amides is 1. The number of hydrogen-bond acceptors (Lipinski definition) is 4. The Labute approximate surface area is 161 Å². The molecule has 0 saturated heterocycles. The molecule has 0 aliphatic rings. The molecule has 2 aromatic rings. The normalized spacial score (nSPS) is 12.8. The van der Waals surface area contributed by atoms with Gasteiger partial charge >= 0.3 is 0 Å². The third-order valence-electron chi connectivity index (χ3n) is 4.50. The van der Waals surface area contributed by atoms with Crippen molar-refractivity contribution in [2.75, 3.05) is 33.2 Å². The maximum atomic E-state index is 12.6. The Bertz CT molecular complexity index is 746. The minimum absolute atomic E-state index is 0.0319. The van der Waals surface area contributed by atoms with Crippen LogP contribution in [0.5, 0.6) is 17.2 Å². The fraction of sp³-hybridized carbons (Fsp3) is 0.381. The molecular formula is C21H29N2O4+. The van der Waals surface area contributed by atoms with E-state index in [4.69, 9.17) is 14.2 Å². The Balaban J connectivity index is 1.99. The zero-order valence-electron chi connectivity index (χ0n) is 16.7. The first kappa shape index (κ1) is 20.6. The average molecular weight is 373 g/mol. The summed E-state index contributed by atoms with van der Waals surface area (Å²) in [4.78, 5) is 13.6. The summed E-state index contributed by atoms with van der Waals surface area (Å²) in [7, 11) is 5.24. The van der Waals surface area contributed by atoms with Gasteiger partial charge in [-0.3, -0.25) is 4.79 Å². The minimum atomic E-state index is -0.218. The number of hydrogen-bond donors (Lipinski definition) is 2. The van der Waals surface area contributed by atoms with Gasteiger partial charge in [0.2, 0.25) is 0 Å². The van der Waals surface area contributed by atoms with Crippen molar-refractivity contribution in [1.82, 2.24) is 0 Å². The van der Waals surface area contributed by atoms with E-state index >= 15 is 0 Å². The number of rotatable bonds is 9. The molecule has 0 aromatic heterocycles. The van der Waals surface area contributed by atoms with Gasteiger partial charge in [0.1, 0.15) is 12.3 Å². The van der Waals surface area contributed by atoms with Crippen LogP contribution in [0.3, 0.4) is 0 Å². The van der Waals surface area contributed by atoms with E-state index in [9.17, 15) is 4.79 Å². The van der Waals surface area contributed by atoms with Crippen molar-refractivity contribution in [3.63, 3.8) is 0 Å². The smallest absolute Gasteiger partial charge is 0.282 e. The fourth-order valence-electron chi connectivity index (χ4n) is 2.72. The Morgan fingerprint density at radius 1 is 1.07 bits per heavy atom. The largest absolute Gasteiger partial charge is 0.497 e. The van der Waals surface area contributed by atoms with Crippen LogP contribution in [0, 0.1) is 0 Å². The second kappa shape index (κ2) is 9.83. The third-order valence-corrected chi connectivity index (χ3v) is 4.50. The molecule has 2 atom stereocenters. The maximum Gasteiger partial charge on any atom is 0.282 e. The highest BCUT2D eigenvalue weighted by atomic mass is 16.5. The molecule has 1 unspecified atom stereocenters. The molecule has 146 valence electrons. The first-order chi connectivity index (χ1) is 13.0. The van der Waals surface area contributed by atoms with Crippen LogP contribution in [0.15, 0.2) is 42.5 Å². The number of likely N-dealkylation sites (N-methyl/N-ethyl adjacent to an activating group) is 1. The Kier molecular flexibility index (Phi) is 7.49. The summed E-state index contributed by atoms with van der Waals surface area (Å²) in [5, 5.41) is 2.95. The maximum absolute atomic E-state index is 12.6. The number of benzene rings is 2. The molecule has 0 spiro atoms. The topological polar surface area (TPSA) is 61.2 Å². The second-order valence-corrected chi connectivity index (χ2v) is 6.38. The number of ether oxygens (including phenoxy) is 3. The average Bonchev–Trinajstić information content (AvgIpc) is 2.69. The second-order valence-electron chi connectivity index (χ2n) is 6.38. The molecule has 0 fully saturated rings. The summed E-state index contributed by atoms with van der Waals surface area (Å²) in [5.41, 5.74) is 1.83. The molecule has 6 nitrogen and oxygen atoms in total. The third kappa shape index (κ3) is 5.62. The van der Waals surface area contributed by atoms with Gasteiger partial charge in [-0.25, -0.2) is 0 Å². The number of nitrogens with one attached hydrogen (secondary N) is 2. The van der Waals surface area contributed by atoms with E-state index in [1.165, 1.54) is 0 Å². The van der Waals surface area contributed by atoms with Crippen molar-refractivity contribution in [2.45, 2.75) is 26.4 Å². The molecule has 0 heterocycles. The summed E-state index contributed by atoms with van der Waals surface area (Å²) < 4.78 is 16.1. The van der Waals surface area contributed by atoms with Crippen LogP contribution in [0.1, 0.15) is 19.4 Å². The van der Waals surface area contributed by atoms with Gasteiger partial charge in [-0.05, 0) is 56.3 Å². The highest BCUT2D eigenvalue weighted by Gasteiger charge is 2.22. The summed E-state index contributed by atoms with van der Waals surface area (Å²) in [6, 6.07) is 13.0. The molecule has 2 aromatic carbocycles. The van der Waals surface area contributed by atoms with Crippen LogP contribution in [0.4, 0.5) is 5.69 Å². The van der Waals surface area contributed by atoms with Crippen molar-refractivity contribution < 1.29 is 23.9 Å². The standard InChI is InChI=1S/C21H28N2O4/c1-6-27-19-12-7-16(13-20(19)26-5)14-23(3)15(2)21(24)22-17-8-10-18(25-4)11-9-17/h7-13,15H,6,14H2,1-5H3,(H,22,24)/p+1/t15-/m0/s1. The molecule has 0 bridgehead atoms. The van der Waals surface area contributed by atoms with E-state index in [1.54, 1.807) is 14.2 Å². The van der Waals surface area contributed by atoms with Crippen molar-refractivity contribution in [3.05, 3.63) is 48.0 Å². The monoisotopic (exact) mass is 373 g/mol. The van der Waals surface area contributed by atoms with Gasteiger partial charge in [0.05, 0.1) is 27.9 Å². The van der Waals surface area contributed by atoms with Crippen LogP contribution in [0.2, 0.25) is 0 Å². The number of methoxy groups -OCH3 is 2. The van der Waals surface area contributed by atoms with Crippen molar-refractivity contribution in [2.24, 2.45) is 0 Å². The van der Waals surface area contributed by atoms with Gasteiger partial charge in [-0.15, -0.1) is 0 Å². The van der Waals surface area contributed by atoms with E-state index in [1.807, 2.05) is 63.4 Å². The van der Waals surface area contributed by atoms with Crippen LogP contribution in [0.25, 0.3) is 0 Å². The fourth-order valence-corrected chi connectivity index (χ4v) is 2.72. The van der Waals surface area contributed by atoms with E-state index < -0.39 is 0 Å². The van der Waals surface area contributed by atoms with Gasteiger partial charge in [-0.2, -0.15) is 0 Å². The molecule has 6 heteroatoms. The molecule has 0 radical (unpaired) electrons. The Morgan fingerprint density at radius 3 is 2.37 bits per heavy atom. The molecular weight excluding hydrogens is 344 g/mol. The van der Waals surface area contributed by atoms with Crippen molar-refractivity contribution >= 4 is 11.6 Å². The molecule has 1 amide bonds. The molecule has 27 heavy (non-hydrogen) atoms. The van der Waals surface area contributed by atoms with Gasteiger partial charge < -0.3 is 24.4 Å². The predicted octanol–water partition coefficient (Wildman–Crippen LogP) is 2.14. The Morgan fingerprint density at radius 2 is 1.78 bits per heavy atom. The van der Waals surface area contributed by atoms with Crippen LogP contribution < -0.4 is 24.4 Å². The summed E-state index contributed by atoms with van der Waals surface area (Å²) in [5.74, 6) is 2.16. The van der Waals surface area contributed by atoms with E-state index in [2.05, 4.69) is 5.32 Å². The summed E-state index contributed by atoms with van der Waals surface area (Å²) in [6.07, 6.45) is 0. The van der Waals surface area contributed by atoms with Crippen molar-refractivity contribution in [1.29, 1.82) is 0 Å². The van der Waals surface area contributed by atoms with Gasteiger partial charge in [0.15, 0.2) is 17.5 Å². The SMILES string of the molecule is CCOc1ccc(C[NH+](C)[C@@H](C)C(=O)Nc2ccc(OC)cc2)cc1OC. The predicted molar refractivity (Wildman–Crippen MR) is 106 cm³/mol. The lowest BCUT2D eigenvalue weighted by molar-refractivity contribution is -0.907. The van der Waals surface area contributed by atoms with Crippen LogP contribution in [-0.4, -0.2) is 39.8 Å². The van der Waals surface area contributed by atoms with Crippen LogP contribution >= 0.6 is 0 Å². The van der Waals surface area contributed by atoms with Crippen LogP contribution in [-0.2, 0) is 11.3 Å². The molecule has 0 saturated carbocycles. The summed E-state index contributed by atoms with van der Waals surface area (Å²) >= 11 is 0. The number of carbonyl (C=O) groups is 1. The molecule has 0 aliphatic heterocycles. The highest BCUT2D eigenvalue weighted by molar-refractivity contribution is 5.93. The first-order valence-corrected chi connectivity index (χ1v) is 9.05. The quantitative estimate of drug-likeness (QED) is 0.707. The molecule has 2 N–H and O–H groups in total. The zero-order chi connectivity index (χ0) is 19.8. The molecule has 0 aliphatic carbocycles. The number of anilines is 1. The van der Waals surface area contributed by atoms with E-state index in [-0.39, 0.29) is 11.9 Å². The highest BCUT2D eigenvalue weighted by Crippen LogP contribution is 2.27. The van der Waals surface area contributed by atoms with Gasteiger partial charge in [0.25, 0.3) is 5.91 Å². The van der Waals surface area contributed by atoms with Crippen molar-refractivity contribution in [3.8, 4) is 17.2 Å². The minimum Gasteiger partial charge on any atom is -0.497 e. The lowest BCUT2D eigenvalue weighted by Gasteiger charge is -2.21. The molecule has 2 rings (SSSR count). The van der Waals surface area contributed by atoms with Gasteiger partial charge in [0, 0.05) is 11.3 Å².